The average molecular weight is 466 g/mol. The van der Waals surface area contributed by atoms with Crippen LogP contribution >= 0.6 is 12.4 Å². The quantitative estimate of drug-likeness (QED) is 0.453. The van der Waals surface area contributed by atoms with Gasteiger partial charge in [0.15, 0.2) is 0 Å². The molecule has 0 radical (unpaired) electrons. The molecule has 2 saturated heterocycles. The third kappa shape index (κ3) is 9.19. The number of halogens is 1. The zero-order valence-corrected chi connectivity index (χ0v) is 19.6. The van der Waals surface area contributed by atoms with E-state index < -0.39 is 18.3 Å². The van der Waals surface area contributed by atoms with Crippen LogP contribution in [0, 0.1) is 5.92 Å². The van der Waals surface area contributed by atoms with Gasteiger partial charge in [0.2, 0.25) is 11.8 Å². The highest BCUT2D eigenvalue weighted by Gasteiger charge is 2.31. The van der Waals surface area contributed by atoms with Crippen molar-refractivity contribution in [1.29, 1.82) is 0 Å². The van der Waals surface area contributed by atoms with Crippen molar-refractivity contribution in [3.8, 4) is 0 Å². The molecule has 2 aliphatic rings. The fourth-order valence-corrected chi connectivity index (χ4v) is 3.89. The number of amides is 2. The number of ether oxygens (including phenoxy) is 1. The van der Waals surface area contributed by atoms with Crippen molar-refractivity contribution in [2.75, 3.05) is 45.9 Å². The molecule has 0 bridgehead atoms. The lowest BCUT2D eigenvalue weighted by molar-refractivity contribution is -0.140. The third-order valence-corrected chi connectivity index (χ3v) is 5.70. The number of hydrogen-bond donors (Lipinski definition) is 4. The van der Waals surface area contributed by atoms with Crippen LogP contribution in [0.15, 0.2) is 0 Å². The summed E-state index contributed by atoms with van der Waals surface area (Å²) < 4.78 is 5.41. The van der Waals surface area contributed by atoms with Crippen molar-refractivity contribution < 1.29 is 29.6 Å². The summed E-state index contributed by atoms with van der Waals surface area (Å²) in [4.78, 5) is 29.0. The molecule has 0 aromatic carbocycles. The van der Waals surface area contributed by atoms with Gasteiger partial charge in [0.05, 0.1) is 12.6 Å². The highest BCUT2D eigenvalue weighted by Crippen LogP contribution is 2.13. The molecule has 0 unspecified atom stereocenters. The lowest BCUT2D eigenvalue weighted by Crippen LogP contribution is -2.51. The van der Waals surface area contributed by atoms with Crippen LogP contribution in [0.25, 0.3) is 0 Å². The first-order chi connectivity index (χ1) is 14.3. The minimum Gasteiger partial charge on any atom is -0.388 e. The molecule has 182 valence electrons. The Morgan fingerprint density at radius 1 is 1.03 bits per heavy atom. The van der Waals surface area contributed by atoms with E-state index in [1.165, 1.54) is 4.90 Å². The van der Waals surface area contributed by atoms with Crippen molar-refractivity contribution in [2.45, 2.75) is 70.3 Å². The predicted octanol–water partition coefficient (Wildman–Crippen LogP) is -0.243. The first kappa shape index (κ1) is 28.1. The van der Waals surface area contributed by atoms with Gasteiger partial charge in [-0.25, -0.2) is 0 Å². The zero-order chi connectivity index (χ0) is 22.1. The minimum atomic E-state index is -1.41. The van der Waals surface area contributed by atoms with Gasteiger partial charge in [-0.1, -0.05) is 13.8 Å². The van der Waals surface area contributed by atoms with Crippen LogP contribution < -0.4 is 5.32 Å². The molecule has 0 aromatic rings. The molecule has 31 heavy (non-hydrogen) atoms. The molecule has 4 atom stereocenters. The van der Waals surface area contributed by atoms with Gasteiger partial charge in [0.1, 0.15) is 18.3 Å². The smallest absolute Gasteiger partial charge is 0.239 e. The Hall–Kier alpha value is -0.970. The van der Waals surface area contributed by atoms with Crippen molar-refractivity contribution in [1.82, 2.24) is 15.1 Å². The number of carbonyl (C=O) groups is 2. The lowest BCUT2D eigenvalue weighted by atomic mass is 10.1. The van der Waals surface area contributed by atoms with Crippen LogP contribution in [-0.4, -0.2) is 107 Å². The number of β-amino-alcohol motifs (C(OH)–C–C–N with tert-alkyl or cyclic N) is 1. The summed E-state index contributed by atoms with van der Waals surface area (Å²) in [5.41, 5.74) is 0. The Labute approximate surface area is 191 Å². The normalized spacial score (nSPS) is 29.4. The molecule has 0 saturated carbocycles. The van der Waals surface area contributed by atoms with Crippen LogP contribution in [-0.2, 0) is 14.3 Å². The average Bonchev–Trinajstić information content (AvgIpc) is 3.23. The molecule has 0 aromatic heterocycles. The summed E-state index contributed by atoms with van der Waals surface area (Å²) >= 11 is 0. The van der Waals surface area contributed by atoms with Gasteiger partial charge in [0, 0.05) is 39.2 Å². The van der Waals surface area contributed by atoms with E-state index >= 15 is 0 Å². The molecule has 2 fully saturated rings. The van der Waals surface area contributed by atoms with E-state index in [1.807, 2.05) is 13.8 Å². The van der Waals surface area contributed by atoms with E-state index in [0.29, 0.717) is 32.5 Å². The molecule has 2 heterocycles. The maximum Gasteiger partial charge on any atom is 0.239 e. The standard InChI is InChI=1S/C21H39N3O6.ClH/c1-15(2)12-19(27)24-10-9-23(21(29)16-6-5-7-22-16)8-3-4-11-30-14-18(26)20(28)17(25)13-24;/h15-18,20,22,25-26,28H,3-14H2,1-2H3;1H/t16-,17-,18+,20+;/m0./s1. The van der Waals surface area contributed by atoms with E-state index in [2.05, 4.69) is 5.32 Å². The fraction of sp³-hybridized carbons (Fsp3) is 0.905. The monoisotopic (exact) mass is 465 g/mol. The number of hydrogen-bond acceptors (Lipinski definition) is 7. The number of nitrogens with zero attached hydrogens (tertiary/aromatic N) is 2. The molecule has 9 nitrogen and oxygen atoms in total. The topological polar surface area (TPSA) is 123 Å². The first-order valence-corrected chi connectivity index (χ1v) is 11.2. The molecule has 10 heteroatoms. The van der Waals surface area contributed by atoms with Gasteiger partial charge in [-0.05, 0) is 38.1 Å². The first-order valence-electron chi connectivity index (χ1n) is 11.2. The molecule has 0 spiro atoms. The maximum absolute atomic E-state index is 13.0. The summed E-state index contributed by atoms with van der Waals surface area (Å²) in [6.45, 7) is 6.15. The van der Waals surface area contributed by atoms with Crippen LogP contribution in [0.1, 0.15) is 46.0 Å². The molecule has 2 rings (SSSR count). The SMILES string of the molecule is CC(C)CC(=O)N1CCN(C(=O)[C@@H]2CCCN2)CCCCOC[C@@H](O)[C@H](O)[C@@H](O)C1.Cl. The summed E-state index contributed by atoms with van der Waals surface area (Å²) in [6, 6.07) is -0.178. The van der Waals surface area contributed by atoms with Crippen molar-refractivity contribution in [3.05, 3.63) is 0 Å². The van der Waals surface area contributed by atoms with Gasteiger partial charge in [0.25, 0.3) is 0 Å². The lowest BCUT2D eigenvalue weighted by Gasteiger charge is -2.33. The Kier molecular flexibility index (Phi) is 12.9. The van der Waals surface area contributed by atoms with Crippen LogP contribution in [0.2, 0.25) is 0 Å². The Balaban J connectivity index is 0.00000480. The zero-order valence-electron chi connectivity index (χ0n) is 18.7. The van der Waals surface area contributed by atoms with Crippen LogP contribution in [0.3, 0.4) is 0 Å². The number of nitrogens with one attached hydrogen (secondary N) is 1. The Morgan fingerprint density at radius 3 is 2.39 bits per heavy atom. The Morgan fingerprint density at radius 2 is 1.74 bits per heavy atom. The molecule has 0 aliphatic carbocycles. The molecular weight excluding hydrogens is 426 g/mol. The second kappa shape index (κ2) is 14.2. The molecular formula is C21H40ClN3O6. The van der Waals surface area contributed by atoms with Crippen molar-refractivity contribution in [2.24, 2.45) is 5.92 Å². The Bertz CT molecular complexity index is 547. The highest BCUT2D eigenvalue weighted by atomic mass is 35.5. The second-order valence-electron chi connectivity index (χ2n) is 8.82. The fourth-order valence-electron chi connectivity index (χ4n) is 3.89. The van der Waals surface area contributed by atoms with Gasteiger partial charge < -0.3 is 35.2 Å². The maximum atomic E-state index is 13.0. The number of carbonyl (C=O) groups excluding carboxylic acids is 2. The van der Waals surface area contributed by atoms with E-state index in [4.69, 9.17) is 4.74 Å². The molecule has 2 amide bonds. The summed E-state index contributed by atoms with van der Waals surface area (Å²) in [7, 11) is 0. The predicted molar refractivity (Wildman–Crippen MR) is 119 cm³/mol. The molecule has 2 aliphatic heterocycles. The van der Waals surface area contributed by atoms with Gasteiger partial charge in [-0.3, -0.25) is 9.59 Å². The van der Waals surface area contributed by atoms with Gasteiger partial charge >= 0.3 is 0 Å². The third-order valence-electron chi connectivity index (χ3n) is 5.70. The summed E-state index contributed by atoms with van der Waals surface area (Å²) in [5, 5.41) is 33.9. The largest absolute Gasteiger partial charge is 0.388 e. The highest BCUT2D eigenvalue weighted by molar-refractivity contribution is 5.85. The molecule has 4 N–H and O–H groups in total. The van der Waals surface area contributed by atoms with Crippen molar-refractivity contribution in [3.63, 3.8) is 0 Å². The number of rotatable bonds is 3. The van der Waals surface area contributed by atoms with Crippen LogP contribution in [0.4, 0.5) is 0 Å². The summed E-state index contributed by atoms with van der Waals surface area (Å²) in [5.74, 6) is 0.0559. The summed E-state index contributed by atoms with van der Waals surface area (Å²) in [6.07, 6.45) is -0.376. The van der Waals surface area contributed by atoms with Crippen LogP contribution in [0.5, 0.6) is 0 Å². The van der Waals surface area contributed by atoms with E-state index in [-0.39, 0.29) is 55.9 Å². The van der Waals surface area contributed by atoms with Gasteiger partial charge in [-0.15, -0.1) is 12.4 Å². The number of aliphatic hydroxyl groups is 3. The van der Waals surface area contributed by atoms with E-state index in [0.717, 1.165) is 25.8 Å². The minimum absolute atomic E-state index is 0. The van der Waals surface area contributed by atoms with Gasteiger partial charge in [-0.2, -0.15) is 0 Å². The van der Waals surface area contributed by atoms with Crippen molar-refractivity contribution >= 4 is 24.2 Å². The number of aliphatic hydroxyl groups excluding tert-OH is 3. The van der Waals surface area contributed by atoms with E-state index in [9.17, 15) is 24.9 Å². The van der Waals surface area contributed by atoms with E-state index in [1.54, 1.807) is 4.90 Å². The second-order valence-corrected chi connectivity index (χ2v) is 8.82.